The van der Waals surface area contributed by atoms with Crippen LogP contribution in [0.4, 0.5) is 18.0 Å². The van der Waals surface area contributed by atoms with Gasteiger partial charge < -0.3 is 15.0 Å². The zero-order chi connectivity index (χ0) is 25.8. The first-order chi connectivity index (χ1) is 14.8. The molecule has 1 rings (SSSR count). The molecule has 0 aromatic carbocycles. The van der Waals surface area contributed by atoms with E-state index in [9.17, 15) is 36.0 Å². The molecule has 14 heteroatoms. The topological polar surface area (TPSA) is 145 Å². The van der Waals surface area contributed by atoms with Gasteiger partial charge in [0.05, 0.1) is 12.5 Å². The Bertz CT molecular complexity index is 895. The Labute approximate surface area is 190 Å². The van der Waals surface area contributed by atoms with E-state index >= 15 is 0 Å². The molecule has 0 aromatic heterocycles. The van der Waals surface area contributed by atoms with E-state index < -0.39 is 70.1 Å². The lowest BCUT2D eigenvalue weighted by molar-refractivity contribution is -0.134. The van der Waals surface area contributed by atoms with Crippen molar-refractivity contribution in [3.63, 3.8) is 0 Å². The van der Waals surface area contributed by atoms with Crippen LogP contribution in [-0.4, -0.2) is 62.4 Å². The molecule has 1 aliphatic carbocycles. The monoisotopic (exact) mass is 501 g/mol. The number of halogens is 3. The van der Waals surface area contributed by atoms with Crippen LogP contribution >= 0.6 is 0 Å². The maximum atomic E-state index is 14.6. The van der Waals surface area contributed by atoms with Gasteiger partial charge in [0.15, 0.2) is 17.2 Å². The van der Waals surface area contributed by atoms with Gasteiger partial charge in [-0.3, -0.25) is 9.59 Å². The molecular formula is C19H30F3N3O7S. The van der Waals surface area contributed by atoms with Gasteiger partial charge in [-0.2, -0.15) is 17.2 Å². The van der Waals surface area contributed by atoms with Gasteiger partial charge in [-0.15, -0.1) is 0 Å². The van der Waals surface area contributed by atoms with Crippen molar-refractivity contribution in [3.05, 3.63) is 11.9 Å². The highest BCUT2D eigenvalue weighted by Gasteiger charge is 2.48. The summed E-state index contributed by atoms with van der Waals surface area (Å²) in [7, 11) is -2.69. The zero-order valence-corrected chi connectivity index (χ0v) is 19.9. The van der Waals surface area contributed by atoms with Gasteiger partial charge in [0.25, 0.3) is 0 Å². The van der Waals surface area contributed by atoms with Crippen LogP contribution in [0.25, 0.3) is 0 Å². The van der Waals surface area contributed by atoms with Crippen LogP contribution in [0.2, 0.25) is 0 Å². The second-order valence-electron chi connectivity index (χ2n) is 9.13. The first-order valence-corrected chi connectivity index (χ1v) is 11.5. The Morgan fingerprint density at radius 2 is 1.67 bits per heavy atom. The first-order valence-electron chi connectivity index (χ1n) is 10.0. The summed E-state index contributed by atoms with van der Waals surface area (Å²) in [5.41, 5.74) is -4.15. The number of ketones is 1. The molecule has 0 bridgehead atoms. The highest BCUT2D eigenvalue weighted by Crippen LogP contribution is 2.38. The average Bonchev–Trinajstić information content (AvgIpc) is 3.40. The quantitative estimate of drug-likeness (QED) is 0.441. The Hall–Kier alpha value is -2.19. The van der Waals surface area contributed by atoms with Gasteiger partial charge in [0.1, 0.15) is 5.60 Å². The van der Waals surface area contributed by atoms with Gasteiger partial charge in [-0.25, -0.2) is 18.5 Å². The molecule has 3 N–H and O–H groups in total. The molecule has 190 valence electrons. The van der Waals surface area contributed by atoms with Gasteiger partial charge in [-0.05, 0) is 33.1 Å². The second kappa shape index (κ2) is 10.8. The van der Waals surface area contributed by atoms with Crippen molar-refractivity contribution >= 4 is 28.1 Å². The van der Waals surface area contributed by atoms with Crippen molar-refractivity contribution in [2.75, 3.05) is 14.1 Å². The number of hydrogen-bond donors (Lipinski definition) is 2. The smallest absolute Gasteiger partial charge is 0.408 e. The second-order valence-corrected chi connectivity index (χ2v) is 10.3. The summed E-state index contributed by atoms with van der Waals surface area (Å²) in [5.74, 6) is -4.45. The van der Waals surface area contributed by atoms with E-state index in [1.165, 1.54) is 14.1 Å². The van der Waals surface area contributed by atoms with Crippen LogP contribution in [-0.2, 0) is 28.8 Å². The Morgan fingerprint density at radius 3 is 2.06 bits per heavy atom. The number of carbonyl (C=O) groups is 3. The fraction of sp³-hybridized carbons (Fsp3) is 0.737. The number of ether oxygens (including phenoxy) is 1. The molecule has 0 spiro atoms. The van der Waals surface area contributed by atoms with E-state index in [0.717, 1.165) is 17.7 Å². The minimum absolute atomic E-state index is 0.0316. The van der Waals surface area contributed by atoms with Crippen molar-refractivity contribution in [2.45, 2.75) is 70.1 Å². The normalized spacial score (nSPS) is 16.9. The Morgan fingerprint density at radius 1 is 1.12 bits per heavy atom. The number of nitrogens with two attached hydrogens (primary N) is 1. The number of nitrogens with zero attached hydrogens (tertiary/aromatic N) is 1. The van der Waals surface area contributed by atoms with Gasteiger partial charge >= 0.3 is 22.5 Å². The van der Waals surface area contributed by atoms with Crippen LogP contribution < -0.4 is 10.5 Å². The van der Waals surface area contributed by atoms with Gasteiger partial charge in [0.2, 0.25) is 5.91 Å². The molecule has 1 saturated carbocycles. The van der Waals surface area contributed by atoms with Crippen LogP contribution in [0.15, 0.2) is 11.9 Å². The highest BCUT2D eigenvalue weighted by molar-refractivity contribution is 7.84. The molecule has 0 aliphatic heterocycles. The Balaban J connectivity index is 3.36. The predicted octanol–water partition coefficient (Wildman–Crippen LogP) is 2.15. The van der Waals surface area contributed by atoms with Crippen LogP contribution in [0.3, 0.4) is 0 Å². The van der Waals surface area contributed by atoms with E-state index in [1.807, 2.05) is 0 Å². The summed E-state index contributed by atoms with van der Waals surface area (Å²) < 4.78 is 73.9. The third-order valence-corrected chi connectivity index (χ3v) is 5.13. The molecule has 0 heterocycles. The molecule has 10 nitrogen and oxygen atoms in total. The molecular weight excluding hydrogens is 471 g/mol. The molecule has 0 radical (unpaired) electrons. The summed E-state index contributed by atoms with van der Waals surface area (Å²) in [5, 5.41) is 7.10. The number of alkyl carbamates (subject to hydrolysis) is 1. The first kappa shape index (κ1) is 28.8. The molecule has 2 amide bonds. The standard InChI is InChI=1S/C19H30F3N3O7S/c1-18(2,3)31-17(28)24-12(8-11-6-7-11)13(26)9-19(15(20)16(21)22,32-33(23,29)30)10-14(27)25(4)5/h11-12H,6-10H2,1-5H3,(H,24,28)(H2,23,29,30)/t12?,19-/m0/s1. The summed E-state index contributed by atoms with van der Waals surface area (Å²) in [6, 6.07) is -1.33. The molecule has 0 saturated heterocycles. The third-order valence-electron chi connectivity index (χ3n) is 4.58. The van der Waals surface area contributed by atoms with Crippen molar-refractivity contribution in [1.29, 1.82) is 0 Å². The molecule has 0 aromatic rings. The maximum Gasteiger partial charge on any atom is 0.408 e. The highest BCUT2D eigenvalue weighted by atomic mass is 32.2. The molecule has 33 heavy (non-hydrogen) atoms. The van der Waals surface area contributed by atoms with Gasteiger partial charge in [0, 0.05) is 20.5 Å². The van der Waals surface area contributed by atoms with Crippen LogP contribution in [0.5, 0.6) is 0 Å². The van der Waals surface area contributed by atoms with E-state index in [0.29, 0.717) is 0 Å². The fourth-order valence-electron chi connectivity index (χ4n) is 2.92. The van der Waals surface area contributed by atoms with E-state index in [2.05, 4.69) is 9.50 Å². The number of rotatable bonds is 11. The SMILES string of the molecule is CN(C)C(=O)C[C@](CC(=O)C(CC1CC1)NC(=O)OC(C)(C)C)(OS(N)(=O)=O)C(F)=C(F)F. The summed E-state index contributed by atoms with van der Waals surface area (Å²) in [6.45, 7) is 4.73. The number of hydrogen-bond acceptors (Lipinski definition) is 7. The number of amides is 2. The zero-order valence-electron chi connectivity index (χ0n) is 19.1. The molecule has 1 fully saturated rings. The average molecular weight is 502 g/mol. The van der Waals surface area contributed by atoms with E-state index in [4.69, 9.17) is 9.88 Å². The lowest BCUT2D eigenvalue weighted by atomic mass is 9.88. The fourth-order valence-corrected chi connectivity index (χ4v) is 3.56. The van der Waals surface area contributed by atoms with E-state index in [1.54, 1.807) is 20.8 Å². The van der Waals surface area contributed by atoms with Crippen LogP contribution in [0, 0.1) is 5.92 Å². The summed E-state index contributed by atoms with van der Waals surface area (Å²) >= 11 is 0. The number of carbonyl (C=O) groups excluding carboxylic acids is 3. The Kier molecular flexibility index (Phi) is 9.46. The largest absolute Gasteiger partial charge is 0.444 e. The van der Waals surface area contributed by atoms with Crippen molar-refractivity contribution in [1.82, 2.24) is 10.2 Å². The van der Waals surface area contributed by atoms with Crippen LogP contribution in [0.1, 0.15) is 52.9 Å². The number of nitrogens with one attached hydrogen (secondary N) is 1. The molecule has 1 aliphatic rings. The molecule has 1 unspecified atom stereocenters. The third kappa shape index (κ3) is 10.1. The lowest BCUT2D eigenvalue weighted by Crippen LogP contribution is -2.49. The van der Waals surface area contributed by atoms with Crippen molar-refractivity contribution < 1.29 is 44.9 Å². The lowest BCUT2D eigenvalue weighted by Gasteiger charge is -2.31. The van der Waals surface area contributed by atoms with Crippen molar-refractivity contribution in [3.8, 4) is 0 Å². The van der Waals surface area contributed by atoms with E-state index in [-0.39, 0.29) is 12.3 Å². The summed E-state index contributed by atoms with van der Waals surface area (Å²) in [4.78, 5) is 38.3. The summed E-state index contributed by atoms with van der Waals surface area (Å²) in [6.07, 6.45) is -5.01. The van der Waals surface area contributed by atoms with Crippen molar-refractivity contribution in [2.24, 2.45) is 11.1 Å². The minimum Gasteiger partial charge on any atom is -0.444 e. The molecule has 2 atom stereocenters. The minimum atomic E-state index is -5.10. The van der Waals surface area contributed by atoms with Gasteiger partial charge in [-0.1, -0.05) is 12.8 Å². The maximum absolute atomic E-state index is 14.6. The predicted molar refractivity (Wildman–Crippen MR) is 111 cm³/mol. The number of Topliss-reactive ketones (excluding diaryl/α,β-unsaturated/α-hetero) is 1.